The number of ether oxygens (including phenoxy) is 1. The van der Waals surface area contributed by atoms with Gasteiger partial charge in [-0.25, -0.2) is 4.79 Å². The molecule has 1 rings (SSSR count). The van der Waals surface area contributed by atoms with E-state index in [4.69, 9.17) is 9.84 Å². The van der Waals surface area contributed by atoms with Crippen LogP contribution in [0.25, 0.3) is 0 Å². The van der Waals surface area contributed by atoms with Crippen LogP contribution in [0.5, 0.6) is 5.75 Å². The summed E-state index contributed by atoms with van der Waals surface area (Å²) >= 11 is 1.14. The molecular weight excluding hydrogens is 254 g/mol. The Hall–Kier alpha value is -1.56. The van der Waals surface area contributed by atoms with Gasteiger partial charge in [-0.15, -0.1) is 11.3 Å². The van der Waals surface area contributed by atoms with Gasteiger partial charge in [-0.1, -0.05) is 6.92 Å². The molecule has 5 nitrogen and oxygen atoms in total. The van der Waals surface area contributed by atoms with Crippen molar-refractivity contribution in [2.75, 3.05) is 6.61 Å². The maximum atomic E-state index is 11.5. The molecule has 0 fully saturated rings. The van der Waals surface area contributed by atoms with Crippen LogP contribution in [-0.2, 0) is 4.79 Å². The second-order valence-electron chi connectivity index (χ2n) is 4.02. The predicted molar refractivity (Wildman–Crippen MR) is 69.4 cm³/mol. The number of carbonyl (C=O) groups is 2. The summed E-state index contributed by atoms with van der Waals surface area (Å²) in [6.45, 7) is 5.50. The highest BCUT2D eigenvalue weighted by atomic mass is 32.1. The van der Waals surface area contributed by atoms with Gasteiger partial charge in [0.1, 0.15) is 5.75 Å². The maximum absolute atomic E-state index is 11.5. The SMILES string of the molecule is CCC(C)NC(=O)COc1cc(C)sc1C(=O)O. The van der Waals surface area contributed by atoms with E-state index in [1.807, 2.05) is 13.8 Å². The Kier molecular flexibility index (Phi) is 5.15. The quantitative estimate of drug-likeness (QED) is 0.830. The minimum Gasteiger partial charge on any atom is -0.482 e. The van der Waals surface area contributed by atoms with Crippen LogP contribution in [0.4, 0.5) is 0 Å². The number of carbonyl (C=O) groups excluding carboxylic acids is 1. The molecule has 0 saturated heterocycles. The molecule has 0 spiro atoms. The van der Waals surface area contributed by atoms with Crippen LogP contribution >= 0.6 is 11.3 Å². The molecule has 1 amide bonds. The fourth-order valence-corrected chi connectivity index (χ4v) is 2.10. The van der Waals surface area contributed by atoms with Gasteiger partial charge < -0.3 is 15.2 Å². The summed E-state index contributed by atoms with van der Waals surface area (Å²) < 4.78 is 5.24. The Morgan fingerprint density at radius 3 is 2.78 bits per heavy atom. The molecule has 0 aliphatic heterocycles. The first-order valence-electron chi connectivity index (χ1n) is 5.70. The van der Waals surface area contributed by atoms with Gasteiger partial charge in [0.2, 0.25) is 0 Å². The van der Waals surface area contributed by atoms with Crippen molar-refractivity contribution in [3.8, 4) is 5.75 Å². The van der Waals surface area contributed by atoms with Gasteiger partial charge in [0, 0.05) is 10.9 Å². The lowest BCUT2D eigenvalue weighted by Gasteiger charge is -2.11. The zero-order valence-electron chi connectivity index (χ0n) is 10.6. The third kappa shape index (κ3) is 4.03. The molecule has 1 unspecified atom stereocenters. The lowest BCUT2D eigenvalue weighted by Crippen LogP contribution is -2.35. The molecule has 1 aromatic rings. The topological polar surface area (TPSA) is 75.6 Å². The fraction of sp³-hybridized carbons (Fsp3) is 0.500. The van der Waals surface area contributed by atoms with Crippen molar-refractivity contribution in [1.82, 2.24) is 5.32 Å². The Balaban J connectivity index is 2.58. The normalized spacial score (nSPS) is 11.9. The number of aryl methyl sites for hydroxylation is 1. The number of carboxylic acid groups (broad SMARTS) is 1. The highest BCUT2D eigenvalue weighted by Gasteiger charge is 2.16. The van der Waals surface area contributed by atoms with Gasteiger partial charge in [-0.2, -0.15) is 0 Å². The number of nitrogens with one attached hydrogen (secondary N) is 1. The van der Waals surface area contributed by atoms with E-state index in [0.717, 1.165) is 22.6 Å². The second-order valence-corrected chi connectivity index (χ2v) is 5.28. The highest BCUT2D eigenvalue weighted by Crippen LogP contribution is 2.28. The smallest absolute Gasteiger partial charge is 0.349 e. The van der Waals surface area contributed by atoms with Crippen LogP contribution in [-0.4, -0.2) is 29.6 Å². The van der Waals surface area contributed by atoms with Crippen LogP contribution in [0.1, 0.15) is 34.8 Å². The van der Waals surface area contributed by atoms with Crippen molar-refractivity contribution < 1.29 is 19.4 Å². The molecule has 100 valence electrons. The second kappa shape index (κ2) is 6.39. The molecule has 0 aliphatic rings. The van der Waals surface area contributed by atoms with Gasteiger partial charge >= 0.3 is 5.97 Å². The molecule has 6 heteroatoms. The Morgan fingerprint density at radius 2 is 2.22 bits per heavy atom. The van der Waals surface area contributed by atoms with Crippen molar-refractivity contribution in [3.05, 3.63) is 15.8 Å². The molecule has 1 atom stereocenters. The zero-order chi connectivity index (χ0) is 13.7. The average molecular weight is 271 g/mol. The lowest BCUT2D eigenvalue weighted by atomic mass is 10.2. The van der Waals surface area contributed by atoms with E-state index in [2.05, 4.69) is 5.32 Å². The summed E-state index contributed by atoms with van der Waals surface area (Å²) in [5.74, 6) is -1.03. The van der Waals surface area contributed by atoms with Crippen LogP contribution in [0.3, 0.4) is 0 Å². The molecular formula is C12H17NO4S. The number of hydrogen-bond acceptors (Lipinski definition) is 4. The first-order valence-corrected chi connectivity index (χ1v) is 6.51. The number of rotatable bonds is 6. The van der Waals surface area contributed by atoms with Crippen molar-refractivity contribution in [2.24, 2.45) is 0 Å². The minimum atomic E-state index is -1.04. The molecule has 2 N–H and O–H groups in total. The van der Waals surface area contributed by atoms with Gasteiger partial charge in [0.15, 0.2) is 11.5 Å². The maximum Gasteiger partial charge on any atom is 0.349 e. The summed E-state index contributed by atoms with van der Waals surface area (Å²) in [5, 5.41) is 11.7. The van der Waals surface area contributed by atoms with E-state index in [-0.39, 0.29) is 29.2 Å². The predicted octanol–water partition coefficient (Wildman–Crippen LogP) is 2.05. The largest absolute Gasteiger partial charge is 0.482 e. The van der Waals surface area contributed by atoms with E-state index in [0.29, 0.717) is 0 Å². The number of amides is 1. The fourth-order valence-electron chi connectivity index (χ4n) is 1.31. The van der Waals surface area contributed by atoms with E-state index in [1.165, 1.54) is 0 Å². The van der Waals surface area contributed by atoms with E-state index >= 15 is 0 Å². The average Bonchev–Trinajstić information content (AvgIpc) is 2.68. The van der Waals surface area contributed by atoms with E-state index < -0.39 is 5.97 Å². The molecule has 0 bridgehead atoms. The number of hydrogen-bond donors (Lipinski definition) is 2. The number of aromatic carboxylic acids is 1. The summed E-state index contributed by atoms with van der Waals surface area (Å²) in [6.07, 6.45) is 0.837. The summed E-state index contributed by atoms with van der Waals surface area (Å²) in [6, 6.07) is 1.72. The Labute approximate surface area is 110 Å². The van der Waals surface area contributed by atoms with Crippen LogP contribution in [0, 0.1) is 6.92 Å². The molecule has 1 aromatic heterocycles. The molecule has 0 saturated carbocycles. The van der Waals surface area contributed by atoms with Gasteiger partial charge in [0.25, 0.3) is 5.91 Å². The molecule has 0 aromatic carbocycles. The highest BCUT2D eigenvalue weighted by molar-refractivity contribution is 7.14. The monoisotopic (exact) mass is 271 g/mol. The van der Waals surface area contributed by atoms with Gasteiger partial charge in [-0.05, 0) is 26.3 Å². The van der Waals surface area contributed by atoms with E-state index in [9.17, 15) is 9.59 Å². The third-order valence-electron chi connectivity index (χ3n) is 2.39. The van der Waals surface area contributed by atoms with Crippen molar-refractivity contribution in [2.45, 2.75) is 33.2 Å². The summed E-state index contributed by atoms with van der Waals surface area (Å²) in [5.41, 5.74) is 0. The molecule has 1 heterocycles. The summed E-state index contributed by atoms with van der Waals surface area (Å²) in [7, 11) is 0. The minimum absolute atomic E-state index is 0.0873. The zero-order valence-corrected chi connectivity index (χ0v) is 11.5. The number of carboxylic acids is 1. The van der Waals surface area contributed by atoms with Gasteiger partial charge in [0.05, 0.1) is 0 Å². The third-order valence-corrected chi connectivity index (χ3v) is 3.41. The lowest BCUT2D eigenvalue weighted by molar-refractivity contribution is -0.123. The Morgan fingerprint density at radius 1 is 1.56 bits per heavy atom. The first-order chi connectivity index (χ1) is 8.43. The standard InChI is InChI=1S/C12H17NO4S/c1-4-7(2)13-10(14)6-17-9-5-8(3)18-11(9)12(15)16/h5,7H,4,6H2,1-3H3,(H,13,14)(H,15,16). The van der Waals surface area contributed by atoms with Crippen LogP contribution in [0.15, 0.2) is 6.07 Å². The first kappa shape index (κ1) is 14.5. The van der Waals surface area contributed by atoms with Crippen LogP contribution in [0.2, 0.25) is 0 Å². The van der Waals surface area contributed by atoms with Crippen molar-refractivity contribution in [3.63, 3.8) is 0 Å². The summed E-state index contributed by atoms with van der Waals surface area (Å²) in [4.78, 5) is 23.4. The van der Waals surface area contributed by atoms with Crippen LogP contribution < -0.4 is 10.1 Å². The number of thiophene rings is 1. The molecule has 0 radical (unpaired) electrons. The molecule has 18 heavy (non-hydrogen) atoms. The van der Waals surface area contributed by atoms with Gasteiger partial charge in [-0.3, -0.25) is 4.79 Å². The van der Waals surface area contributed by atoms with Crippen molar-refractivity contribution in [1.29, 1.82) is 0 Å². The molecule has 0 aliphatic carbocycles. The van der Waals surface area contributed by atoms with E-state index in [1.54, 1.807) is 13.0 Å². The van der Waals surface area contributed by atoms with Crippen molar-refractivity contribution >= 4 is 23.2 Å². The Bertz CT molecular complexity index is 441.